The summed E-state index contributed by atoms with van der Waals surface area (Å²) >= 11 is 0. The summed E-state index contributed by atoms with van der Waals surface area (Å²) in [7, 11) is 1.91. The topological polar surface area (TPSA) is 34.0 Å². The van der Waals surface area contributed by atoms with Crippen molar-refractivity contribution in [3.8, 4) is 0 Å². The van der Waals surface area contributed by atoms with Crippen LogP contribution in [0.3, 0.4) is 0 Å². The average Bonchev–Trinajstić information content (AvgIpc) is 2.96. The maximum atomic E-state index is 13.2. The highest BCUT2D eigenvalue weighted by atomic mass is 19.1. The quantitative estimate of drug-likeness (QED) is 0.762. The van der Waals surface area contributed by atoms with Gasteiger partial charge in [-0.3, -0.25) is 4.68 Å². The molecule has 0 bridgehead atoms. The first kappa shape index (κ1) is 11.2. The monoisotopic (exact) mass is 246 g/mol. The van der Waals surface area contributed by atoms with Gasteiger partial charge in [0, 0.05) is 25.4 Å². The third-order valence-electron chi connectivity index (χ3n) is 3.36. The molecule has 2 aromatic heterocycles. The maximum absolute atomic E-state index is 13.2. The lowest BCUT2D eigenvalue weighted by Crippen LogP contribution is -2.23. The van der Waals surface area contributed by atoms with Gasteiger partial charge in [-0.25, -0.2) is 4.98 Å². The van der Waals surface area contributed by atoms with E-state index in [-0.39, 0.29) is 6.04 Å². The summed E-state index contributed by atoms with van der Waals surface area (Å²) in [5.41, 5.74) is 1.17. The molecule has 3 heterocycles. The highest BCUT2D eigenvalue weighted by Gasteiger charge is 2.28. The molecule has 1 unspecified atom stereocenters. The lowest BCUT2D eigenvalue weighted by molar-refractivity contribution is 0.579. The predicted molar refractivity (Wildman–Crippen MR) is 66.7 cm³/mol. The number of anilines is 1. The van der Waals surface area contributed by atoms with Crippen LogP contribution in [0.25, 0.3) is 0 Å². The molecule has 3 rings (SSSR count). The van der Waals surface area contributed by atoms with Crippen LogP contribution in [0.5, 0.6) is 0 Å². The largest absolute Gasteiger partial charge is 0.349 e. The van der Waals surface area contributed by atoms with E-state index in [9.17, 15) is 4.39 Å². The first-order valence-corrected chi connectivity index (χ1v) is 6.12. The van der Waals surface area contributed by atoms with Crippen LogP contribution in [0, 0.1) is 5.95 Å². The van der Waals surface area contributed by atoms with Crippen molar-refractivity contribution in [3.05, 3.63) is 42.1 Å². The van der Waals surface area contributed by atoms with E-state index >= 15 is 0 Å². The number of pyridine rings is 1. The van der Waals surface area contributed by atoms with E-state index in [4.69, 9.17) is 0 Å². The number of hydrogen-bond acceptors (Lipinski definition) is 3. The standard InChI is InChI=1S/C13H15FN4/c1-17-9-10(8-15-17)11-4-3-7-18(11)13-6-2-5-12(14)16-13/h2,5-6,8-9,11H,3-4,7H2,1H3. The molecule has 0 radical (unpaired) electrons. The van der Waals surface area contributed by atoms with Crippen LogP contribution in [0.15, 0.2) is 30.6 Å². The molecular weight excluding hydrogens is 231 g/mol. The first-order valence-electron chi connectivity index (χ1n) is 6.12. The molecule has 5 heteroatoms. The number of aryl methyl sites for hydroxylation is 1. The van der Waals surface area contributed by atoms with Gasteiger partial charge in [0.1, 0.15) is 5.82 Å². The second-order valence-corrected chi connectivity index (χ2v) is 4.62. The van der Waals surface area contributed by atoms with E-state index in [1.54, 1.807) is 10.7 Å². The van der Waals surface area contributed by atoms with Crippen molar-refractivity contribution in [2.24, 2.45) is 7.05 Å². The molecule has 0 amide bonds. The van der Waals surface area contributed by atoms with Crippen LogP contribution in [0.2, 0.25) is 0 Å². The van der Waals surface area contributed by atoms with Crippen molar-refractivity contribution in [3.63, 3.8) is 0 Å². The van der Waals surface area contributed by atoms with Gasteiger partial charge in [-0.15, -0.1) is 0 Å². The van der Waals surface area contributed by atoms with Gasteiger partial charge in [0.25, 0.3) is 0 Å². The van der Waals surface area contributed by atoms with Crippen molar-refractivity contribution in [2.75, 3.05) is 11.4 Å². The lowest BCUT2D eigenvalue weighted by atomic mass is 10.1. The van der Waals surface area contributed by atoms with E-state index in [1.807, 2.05) is 25.5 Å². The van der Waals surface area contributed by atoms with Crippen LogP contribution in [0.4, 0.5) is 10.2 Å². The number of hydrogen-bond donors (Lipinski definition) is 0. The summed E-state index contributed by atoms with van der Waals surface area (Å²) in [5.74, 6) is 0.283. The average molecular weight is 246 g/mol. The number of halogens is 1. The third-order valence-corrected chi connectivity index (χ3v) is 3.36. The highest BCUT2D eigenvalue weighted by molar-refractivity contribution is 5.43. The second kappa shape index (κ2) is 4.40. The van der Waals surface area contributed by atoms with Gasteiger partial charge < -0.3 is 4.90 Å². The highest BCUT2D eigenvalue weighted by Crippen LogP contribution is 2.34. The zero-order valence-electron chi connectivity index (χ0n) is 10.3. The number of rotatable bonds is 2. The molecule has 1 atom stereocenters. The van der Waals surface area contributed by atoms with Gasteiger partial charge in [-0.05, 0) is 25.0 Å². The number of aromatic nitrogens is 3. The minimum Gasteiger partial charge on any atom is -0.349 e. The molecule has 0 aliphatic carbocycles. The van der Waals surface area contributed by atoms with E-state index < -0.39 is 5.95 Å². The van der Waals surface area contributed by atoms with Gasteiger partial charge in [0.05, 0.1) is 12.2 Å². The molecule has 0 spiro atoms. The minimum atomic E-state index is -0.427. The van der Waals surface area contributed by atoms with E-state index in [1.165, 1.54) is 11.6 Å². The summed E-state index contributed by atoms with van der Waals surface area (Å²) in [6.45, 7) is 0.913. The summed E-state index contributed by atoms with van der Waals surface area (Å²) in [6.07, 6.45) is 6.05. The Balaban J connectivity index is 1.92. The van der Waals surface area contributed by atoms with Crippen LogP contribution in [-0.2, 0) is 7.05 Å². The van der Waals surface area contributed by atoms with Gasteiger partial charge in [-0.1, -0.05) is 6.07 Å². The van der Waals surface area contributed by atoms with E-state index in [2.05, 4.69) is 15.0 Å². The molecule has 4 nitrogen and oxygen atoms in total. The first-order chi connectivity index (χ1) is 8.74. The molecule has 94 valence electrons. The van der Waals surface area contributed by atoms with E-state index in [0.29, 0.717) is 5.82 Å². The Morgan fingerprint density at radius 3 is 3.00 bits per heavy atom. The molecule has 1 fully saturated rings. The van der Waals surface area contributed by atoms with Crippen LogP contribution in [-0.4, -0.2) is 21.3 Å². The SMILES string of the molecule is Cn1cc(C2CCCN2c2cccc(F)n2)cn1. The molecule has 1 aliphatic rings. The summed E-state index contributed by atoms with van der Waals surface area (Å²) in [6, 6.07) is 5.19. The molecule has 0 saturated carbocycles. The number of nitrogens with zero attached hydrogens (tertiary/aromatic N) is 4. The van der Waals surface area contributed by atoms with Gasteiger partial charge in [-0.2, -0.15) is 9.49 Å². The Labute approximate surface area is 105 Å². The van der Waals surface area contributed by atoms with Crippen molar-refractivity contribution in [1.29, 1.82) is 0 Å². The predicted octanol–water partition coefficient (Wildman–Crippen LogP) is 2.30. The fourth-order valence-corrected chi connectivity index (χ4v) is 2.56. The minimum absolute atomic E-state index is 0.257. The normalized spacial score (nSPS) is 19.4. The zero-order chi connectivity index (χ0) is 12.5. The maximum Gasteiger partial charge on any atom is 0.214 e. The van der Waals surface area contributed by atoms with Gasteiger partial charge in [0.2, 0.25) is 5.95 Å². The molecule has 0 N–H and O–H groups in total. The lowest BCUT2D eigenvalue weighted by Gasteiger charge is -2.24. The van der Waals surface area contributed by atoms with E-state index in [0.717, 1.165) is 19.4 Å². The van der Waals surface area contributed by atoms with Crippen molar-refractivity contribution in [2.45, 2.75) is 18.9 Å². The molecule has 2 aromatic rings. The Kier molecular flexibility index (Phi) is 2.74. The molecule has 0 aromatic carbocycles. The molecule has 1 saturated heterocycles. The van der Waals surface area contributed by atoms with Gasteiger partial charge >= 0.3 is 0 Å². The fraction of sp³-hybridized carbons (Fsp3) is 0.385. The molecule has 18 heavy (non-hydrogen) atoms. The summed E-state index contributed by atoms with van der Waals surface area (Å²) in [5, 5.41) is 4.20. The Morgan fingerprint density at radius 2 is 2.28 bits per heavy atom. The van der Waals surface area contributed by atoms with Gasteiger partial charge in [0.15, 0.2) is 0 Å². The Bertz CT molecular complexity index is 551. The Hall–Kier alpha value is -1.91. The van der Waals surface area contributed by atoms with Crippen LogP contribution < -0.4 is 4.90 Å². The molecular formula is C13H15FN4. The smallest absolute Gasteiger partial charge is 0.214 e. The third kappa shape index (κ3) is 1.96. The molecule has 1 aliphatic heterocycles. The fourth-order valence-electron chi connectivity index (χ4n) is 2.56. The second-order valence-electron chi connectivity index (χ2n) is 4.62. The zero-order valence-corrected chi connectivity index (χ0v) is 10.3. The van der Waals surface area contributed by atoms with Crippen molar-refractivity contribution >= 4 is 5.82 Å². The van der Waals surface area contributed by atoms with Crippen LogP contribution in [0.1, 0.15) is 24.4 Å². The van der Waals surface area contributed by atoms with Crippen molar-refractivity contribution < 1.29 is 4.39 Å². The summed E-state index contributed by atoms with van der Waals surface area (Å²) in [4.78, 5) is 6.12. The van der Waals surface area contributed by atoms with Crippen molar-refractivity contribution in [1.82, 2.24) is 14.8 Å². The van der Waals surface area contributed by atoms with Crippen LogP contribution >= 0.6 is 0 Å². The Morgan fingerprint density at radius 1 is 1.39 bits per heavy atom. The summed E-state index contributed by atoms with van der Waals surface area (Å²) < 4.78 is 15.0.